The molecule has 2 rings (SSSR count). The maximum atomic E-state index is 12.0. The van der Waals surface area contributed by atoms with Crippen LogP contribution in [0, 0.1) is 10.1 Å². The number of hydrogen-bond donors (Lipinski definition) is 2. The average Bonchev–Trinajstić information content (AvgIpc) is 2.95. The minimum Gasteiger partial charge on any atom is -0.480 e. The number of aliphatic carboxylic acids is 1. The van der Waals surface area contributed by atoms with Gasteiger partial charge in [0.2, 0.25) is 0 Å². The predicted octanol–water partition coefficient (Wildman–Crippen LogP) is -0.184. The number of likely N-dealkylation sites (tertiary alicyclic amines) is 1. The summed E-state index contributed by atoms with van der Waals surface area (Å²) in [6.07, 6.45) is 0.122. The normalized spacial score (nSPS) is 22.5. The molecule has 0 saturated carbocycles. The van der Waals surface area contributed by atoms with Gasteiger partial charge >= 0.3 is 11.9 Å². The number of nitrogens with two attached hydrogens (primary N) is 1. The van der Waals surface area contributed by atoms with Crippen molar-refractivity contribution in [1.29, 1.82) is 0 Å². The van der Waals surface area contributed by atoms with E-state index in [2.05, 4.69) is 0 Å². The highest BCUT2D eigenvalue weighted by Gasteiger charge is 2.43. The zero-order valence-electron chi connectivity index (χ0n) is 9.74. The molecule has 1 fully saturated rings. The number of nitro groups is 1. The van der Waals surface area contributed by atoms with Crippen LogP contribution in [-0.4, -0.2) is 45.4 Å². The number of nitrogens with zero attached hydrogens (tertiary/aromatic N) is 2. The van der Waals surface area contributed by atoms with E-state index >= 15 is 0 Å². The molecule has 9 nitrogen and oxygen atoms in total. The third-order valence-corrected chi connectivity index (χ3v) is 3.00. The topological polar surface area (TPSA) is 140 Å². The largest absolute Gasteiger partial charge is 0.480 e. The summed E-state index contributed by atoms with van der Waals surface area (Å²) in [6.45, 7) is 0.00575. The summed E-state index contributed by atoms with van der Waals surface area (Å²) in [6, 6.07) is 2.24. The number of carbonyl (C=O) groups is 2. The van der Waals surface area contributed by atoms with E-state index in [1.807, 2.05) is 0 Å². The molecular weight excluding hydrogens is 258 g/mol. The molecule has 0 spiro atoms. The fourth-order valence-electron chi connectivity index (χ4n) is 1.88. The van der Waals surface area contributed by atoms with Gasteiger partial charge in [-0.25, -0.2) is 0 Å². The van der Waals surface area contributed by atoms with Crippen LogP contribution in [0.15, 0.2) is 16.5 Å². The Morgan fingerprint density at radius 3 is 2.68 bits per heavy atom. The molecule has 0 aliphatic carbocycles. The first kappa shape index (κ1) is 13.0. The van der Waals surface area contributed by atoms with Gasteiger partial charge in [-0.3, -0.25) is 19.7 Å². The molecule has 3 N–H and O–H groups in total. The van der Waals surface area contributed by atoms with Gasteiger partial charge in [0.05, 0.1) is 6.07 Å². The summed E-state index contributed by atoms with van der Waals surface area (Å²) < 4.78 is 4.77. The van der Waals surface area contributed by atoms with Crippen molar-refractivity contribution >= 4 is 17.8 Å². The van der Waals surface area contributed by atoms with Gasteiger partial charge in [-0.15, -0.1) is 0 Å². The number of carbonyl (C=O) groups excluding carboxylic acids is 1. The van der Waals surface area contributed by atoms with Gasteiger partial charge in [-0.1, -0.05) is 0 Å². The van der Waals surface area contributed by atoms with Crippen LogP contribution >= 0.6 is 0 Å². The van der Waals surface area contributed by atoms with E-state index in [0.29, 0.717) is 0 Å². The van der Waals surface area contributed by atoms with Gasteiger partial charge in [0.1, 0.15) is 10.5 Å². The zero-order chi connectivity index (χ0) is 14.2. The van der Waals surface area contributed by atoms with Gasteiger partial charge in [-0.2, -0.15) is 0 Å². The summed E-state index contributed by atoms with van der Waals surface area (Å²) >= 11 is 0. The van der Waals surface area contributed by atoms with Crippen LogP contribution in [0.4, 0.5) is 5.88 Å². The smallest absolute Gasteiger partial charge is 0.433 e. The summed E-state index contributed by atoms with van der Waals surface area (Å²) in [7, 11) is 0. The minimum absolute atomic E-state index is 0.122. The van der Waals surface area contributed by atoms with E-state index in [0.717, 1.165) is 6.07 Å². The number of furan rings is 1. The molecule has 1 unspecified atom stereocenters. The van der Waals surface area contributed by atoms with Crippen LogP contribution in [0.5, 0.6) is 0 Å². The zero-order valence-corrected chi connectivity index (χ0v) is 9.74. The molecule has 2 heterocycles. The molecule has 1 aliphatic heterocycles. The molecule has 1 amide bonds. The molecule has 1 saturated heterocycles. The van der Waals surface area contributed by atoms with Crippen molar-refractivity contribution in [3.8, 4) is 0 Å². The molecule has 9 heteroatoms. The van der Waals surface area contributed by atoms with Crippen LogP contribution < -0.4 is 5.73 Å². The first-order valence-electron chi connectivity index (χ1n) is 5.39. The van der Waals surface area contributed by atoms with E-state index in [1.165, 1.54) is 11.0 Å². The fraction of sp³-hybridized carbons (Fsp3) is 0.400. The van der Waals surface area contributed by atoms with Crippen LogP contribution in [0.1, 0.15) is 17.0 Å². The monoisotopic (exact) mass is 269 g/mol. The molecule has 0 aromatic carbocycles. The lowest BCUT2D eigenvalue weighted by Crippen LogP contribution is -2.50. The summed E-state index contributed by atoms with van der Waals surface area (Å²) in [5, 5.41) is 19.4. The second-order valence-electron chi connectivity index (χ2n) is 4.33. The quantitative estimate of drug-likeness (QED) is 0.572. The van der Waals surface area contributed by atoms with Crippen molar-refractivity contribution in [3.05, 3.63) is 28.0 Å². The van der Waals surface area contributed by atoms with Crippen LogP contribution in [-0.2, 0) is 4.79 Å². The van der Waals surface area contributed by atoms with Gasteiger partial charge in [0.25, 0.3) is 5.91 Å². The van der Waals surface area contributed by atoms with Crippen molar-refractivity contribution < 1.29 is 24.0 Å². The van der Waals surface area contributed by atoms with Crippen molar-refractivity contribution in [2.24, 2.45) is 5.73 Å². The summed E-state index contributed by atoms with van der Waals surface area (Å²) in [5.41, 5.74) is 4.15. The van der Waals surface area contributed by atoms with E-state index in [9.17, 15) is 19.7 Å². The van der Waals surface area contributed by atoms with Gasteiger partial charge < -0.3 is 20.2 Å². The lowest BCUT2D eigenvalue weighted by atomic mass is 10.0. The molecule has 0 bridgehead atoms. The predicted molar refractivity (Wildman–Crippen MR) is 60.4 cm³/mol. The Bertz CT molecular complexity index is 553. The van der Waals surface area contributed by atoms with Crippen molar-refractivity contribution in [3.63, 3.8) is 0 Å². The minimum atomic E-state index is -1.48. The highest BCUT2D eigenvalue weighted by atomic mass is 16.6. The number of rotatable bonds is 3. The van der Waals surface area contributed by atoms with E-state index in [4.69, 9.17) is 15.3 Å². The van der Waals surface area contributed by atoms with E-state index in [1.54, 1.807) is 0 Å². The second kappa shape index (κ2) is 4.35. The van der Waals surface area contributed by atoms with E-state index < -0.39 is 28.2 Å². The Kier molecular flexibility index (Phi) is 2.98. The second-order valence-corrected chi connectivity index (χ2v) is 4.33. The molecule has 1 aromatic heterocycles. The maximum absolute atomic E-state index is 12.0. The van der Waals surface area contributed by atoms with Gasteiger partial charge in [0.15, 0.2) is 5.76 Å². The molecular formula is C10H11N3O6. The lowest BCUT2D eigenvalue weighted by Gasteiger charge is -2.19. The highest BCUT2D eigenvalue weighted by molar-refractivity contribution is 5.93. The molecule has 1 aromatic rings. The molecule has 19 heavy (non-hydrogen) atoms. The van der Waals surface area contributed by atoms with Crippen LogP contribution in [0.3, 0.4) is 0 Å². The third-order valence-electron chi connectivity index (χ3n) is 3.00. The molecule has 0 radical (unpaired) electrons. The number of carboxylic acids is 1. The van der Waals surface area contributed by atoms with Gasteiger partial charge in [0, 0.05) is 13.1 Å². The molecule has 1 atom stereocenters. The van der Waals surface area contributed by atoms with Gasteiger partial charge in [-0.05, 0) is 12.5 Å². The maximum Gasteiger partial charge on any atom is 0.433 e. The fourth-order valence-corrected chi connectivity index (χ4v) is 1.88. The third kappa shape index (κ3) is 2.27. The van der Waals surface area contributed by atoms with Crippen LogP contribution in [0.2, 0.25) is 0 Å². The van der Waals surface area contributed by atoms with Crippen molar-refractivity contribution in [1.82, 2.24) is 4.90 Å². The molecule has 1 aliphatic rings. The Balaban J connectivity index is 2.13. The average molecular weight is 269 g/mol. The Labute approximate surface area is 106 Å². The first-order valence-corrected chi connectivity index (χ1v) is 5.39. The van der Waals surface area contributed by atoms with Crippen molar-refractivity contribution in [2.45, 2.75) is 12.0 Å². The number of hydrogen-bond acceptors (Lipinski definition) is 6. The number of amides is 1. The SMILES string of the molecule is NC1(C(=O)O)CCN(C(=O)c2ccc([N+](=O)[O-])o2)C1. The molecule has 102 valence electrons. The van der Waals surface area contributed by atoms with E-state index in [-0.39, 0.29) is 25.3 Å². The van der Waals surface area contributed by atoms with Crippen LogP contribution in [0.25, 0.3) is 0 Å². The Morgan fingerprint density at radius 2 is 2.21 bits per heavy atom. The standard InChI is InChI=1S/C10H11N3O6/c11-10(9(15)16)3-4-12(5-10)8(14)6-1-2-7(19-6)13(17)18/h1-2H,3-5,11H2,(H,15,16). The Morgan fingerprint density at radius 1 is 1.53 bits per heavy atom. The lowest BCUT2D eigenvalue weighted by molar-refractivity contribution is -0.402. The van der Waals surface area contributed by atoms with Crippen molar-refractivity contribution in [2.75, 3.05) is 13.1 Å². The highest BCUT2D eigenvalue weighted by Crippen LogP contribution is 2.23. The first-order chi connectivity index (χ1) is 8.83. The summed E-state index contributed by atoms with van der Waals surface area (Å²) in [5.74, 6) is -2.55. The number of carboxylic acid groups (broad SMARTS) is 1. The Hall–Kier alpha value is -2.42. The summed E-state index contributed by atoms with van der Waals surface area (Å²) in [4.78, 5) is 33.8.